The smallest absolute Gasteiger partial charge is 0.251 e. The molecule has 0 aromatic heterocycles. The minimum absolute atomic E-state index is 0.0384. The van der Waals surface area contributed by atoms with Gasteiger partial charge in [0.05, 0.1) is 17.0 Å². The van der Waals surface area contributed by atoms with Crippen LogP contribution >= 0.6 is 0 Å². The predicted molar refractivity (Wildman–Crippen MR) is 77.6 cm³/mol. The first-order valence-corrected chi connectivity index (χ1v) is 8.84. The second kappa shape index (κ2) is 4.58. The van der Waals surface area contributed by atoms with E-state index in [-0.39, 0.29) is 17.4 Å². The van der Waals surface area contributed by atoms with Gasteiger partial charge in [-0.1, -0.05) is 6.07 Å². The van der Waals surface area contributed by atoms with Crippen LogP contribution in [0, 0.1) is 0 Å². The number of amides is 1. The molecule has 5 heteroatoms. The Morgan fingerprint density at radius 1 is 1.25 bits per heavy atom. The third kappa shape index (κ3) is 2.59. The van der Waals surface area contributed by atoms with E-state index >= 15 is 0 Å². The van der Waals surface area contributed by atoms with Crippen molar-refractivity contribution >= 4 is 15.7 Å². The number of nitrogens with one attached hydrogen (secondary N) is 1. The van der Waals surface area contributed by atoms with Crippen LogP contribution in [-0.4, -0.2) is 31.4 Å². The van der Waals surface area contributed by atoms with E-state index in [4.69, 9.17) is 0 Å². The molecule has 1 unspecified atom stereocenters. The van der Waals surface area contributed by atoms with Crippen molar-refractivity contribution < 1.29 is 13.2 Å². The molecule has 1 amide bonds. The Hall–Kier alpha value is -1.36. The lowest BCUT2D eigenvalue weighted by Crippen LogP contribution is -2.46. The van der Waals surface area contributed by atoms with E-state index in [1.165, 1.54) is 11.1 Å². The topological polar surface area (TPSA) is 63.2 Å². The highest BCUT2D eigenvalue weighted by Gasteiger charge is 2.39. The van der Waals surface area contributed by atoms with Crippen LogP contribution in [0.4, 0.5) is 0 Å². The number of carbonyl (C=O) groups excluding carboxylic acids is 1. The molecule has 1 aliphatic heterocycles. The lowest BCUT2D eigenvalue weighted by molar-refractivity contribution is 0.0915. The van der Waals surface area contributed by atoms with Gasteiger partial charge in [0.15, 0.2) is 9.84 Å². The van der Waals surface area contributed by atoms with E-state index in [9.17, 15) is 13.2 Å². The lowest BCUT2D eigenvalue weighted by atomic mass is 10.0. The highest BCUT2D eigenvalue weighted by molar-refractivity contribution is 7.91. The highest BCUT2D eigenvalue weighted by Crippen LogP contribution is 2.25. The summed E-state index contributed by atoms with van der Waals surface area (Å²) in [6, 6.07) is 5.81. The maximum Gasteiger partial charge on any atom is 0.251 e. The molecule has 0 saturated carbocycles. The summed E-state index contributed by atoms with van der Waals surface area (Å²) in [6.45, 7) is 1.81. The standard InChI is InChI=1S/C15H19NO3S/c1-15(7-8-20(18,19)10-15)16-14(17)13-6-5-11-3-2-4-12(11)9-13/h5-6,9H,2-4,7-8,10H2,1H3,(H,16,17). The number of benzene rings is 1. The van der Waals surface area contributed by atoms with Crippen LogP contribution in [0.3, 0.4) is 0 Å². The van der Waals surface area contributed by atoms with Gasteiger partial charge in [0.1, 0.15) is 0 Å². The monoisotopic (exact) mass is 293 g/mol. The fraction of sp³-hybridized carbons (Fsp3) is 0.533. The zero-order chi connectivity index (χ0) is 14.4. The minimum atomic E-state index is -3.01. The molecule has 1 aromatic rings. The highest BCUT2D eigenvalue weighted by atomic mass is 32.2. The van der Waals surface area contributed by atoms with Gasteiger partial charge in [-0.25, -0.2) is 8.42 Å². The van der Waals surface area contributed by atoms with E-state index in [0.717, 1.165) is 19.3 Å². The molecule has 0 bridgehead atoms. The molecule has 1 aliphatic carbocycles. The van der Waals surface area contributed by atoms with Crippen LogP contribution in [0.1, 0.15) is 41.3 Å². The molecular formula is C15H19NO3S. The molecule has 1 fully saturated rings. The Morgan fingerprint density at radius 2 is 2.00 bits per heavy atom. The van der Waals surface area contributed by atoms with E-state index in [0.29, 0.717) is 12.0 Å². The average molecular weight is 293 g/mol. The van der Waals surface area contributed by atoms with Crippen molar-refractivity contribution in [1.82, 2.24) is 5.32 Å². The molecule has 2 aliphatic rings. The summed E-state index contributed by atoms with van der Waals surface area (Å²) >= 11 is 0. The normalized spacial score (nSPS) is 27.2. The van der Waals surface area contributed by atoms with Crippen molar-refractivity contribution in [2.45, 2.75) is 38.1 Å². The Morgan fingerprint density at radius 3 is 2.70 bits per heavy atom. The fourth-order valence-electron chi connectivity index (χ4n) is 3.17. The SMILES string of the molecule is CC1(NC(=O)c2ccc3c(c2)CCC3)CCS(=O)(=O)C1. The van der Waals surface area contributed by atoms with Gasteiger partial charge in [-0.05, 0) is 55.9 Å². The summed E-state index contributed by atoms with van der Waals surface area (Å²) in [5.41, 5.74) is 2.59. The number of rotatable bonds is 2. The third-order valence-electron chi connectivity index (χ3n) is 4.28. The Balaban J connectivity index is 1.77. The largest absolute Gasteiger partial charge is 0.346 e. The zero-order valence-corrected chi connectivity index (χ0v) is 12.4. The van der Waals surface area contributed by atoms with Crippen LogP contribution in [0.2, 0.25) is 0 Å². The van der Waals surface area contributed by atoms with Gasteiger partial charge in [-0.3, -0.25) is 4.79 Å². The number of hydrogen-bond acceptors (Lipinski definition) is 3. The van der Waals surface area contributed by atoms with Crippen LogP contribution in [0.15, 0.2) is 18.2 Å². The van der Waals surface area contributed by atoms with E-state index in [1.54, 1.807) is 0 Å². The zero-order valence-electron chi connectivity index (χ0n) is 11.6. The predicted octanol–water partition coefficient (Wildman–Crippen LogP) is 1.48. The number of fused-ring (bicyclic) bond motifs is 1. The molecule has 1 N–H and O–H groups in total. The first-order chi connectivity index (χ1) is 9.37. The molecule has 0 radical (unpaired) electrons. The number of sulfone groups is 1. The molecule has 4 nitrogen and oxygen atoms in total. The van der Waals surface area contributed by atoms with E-state index in [1.807, 2.05) is 25.1 Å². The van der Waals surface area contributed by atoms with Crippen molar-refractivity contribution in [3.8, 4) is 0 Å². The van der Waals surface area contributed by atoms with Gasteiger partial charge in [0.25, 0.3) is 5.91 Å². The molecule has 1 heterocycles. The minimum Gasteiger partial charge on any atom is -0.346 e. The van der Waals surface area contributed by atoms with Gasteiger partial charge >= 0.3 is 0 Å². The first kappa shape index (κ1) is 13.6. The third-order valence-corrected chi connectivity index (χ3v) is 6.18. The first-order valence-electron chi connectivity index (χ1n) is 7.02. The van der Waals surface area contributed by atoms with Gasteiger partial charge in [0.2, 0.25) is 0 Å². The summed E-state index contributed by atoms with van der Waals surface area (Å²) in [6.07, 6.45) is 3.76. The quantitative estimate of drug-likeness (QED) is 0.898. The van der Waals surface area contributed by atoms with Crippen molar-refractivity contribution in [2.24, 2.45) is 0 Å². The summed E-state index contributed by atoms with van der Waals surface area (Å²) in [4.78, 5) is 12.3. The summed E-state index contributed by atoms with van der Waals surface area (Å²) in [5.74, 6) is 0.0317. The number of aryl methyl sites for hydroxylation is 2. The Bertz CT molecular complexity index is 666. The maximum absolute atomic E-state index is 12.3. The van der Waals surface area contributed by atoms with Gasteiger partial charge in [-0.15, -0.1) is 0 Å². The second-order valence-corrected chi connectivity index (χ2v) is 8.38. The molecule has 0 spiro atoms. The summed E-state index contributed by atoms with van der Waals surface area (Å²) in [5, 5.41) is 2.90. The van der Waals surface area contributed by atoms with Gasteiger partial charge in [-0.2, -0.15) is 0 Å². The molecule has 20 heavy (non-hydrogen) atoms. The molecule has 1 atom stereocenters. The molecule has 3 rings (SSSR count). The second-order valence-electron chi connectivity index (χ2n) is 6.19. The summed E-state index contributed by atoms with van der Waals surface area (Å²) in [7, 11) is -3.01. The molecule has 108 valence electrons. The lowest BCUT2D eigenvalue weighted by Gasteiger charge is -2.24. The average Bonchev–Trinajstić information content (AvgIpc) is 2.92. The van der Waals surface area contributed by atoms with E-state index < -0.39 is 15.4 Å². The van der Waals surface area contributed by atoms with Crippen molar-refractivity contribution in [1.29, 1.82) is 0 Å². The number of hydrogen-bond donors (Lipinski definition) is 1. The molecule has 1 aromatic carbocycles. The van der Waals surface area contributed by atoms with Crippen LogP contribution in [0.25, 0.3) is 0 Å². The van der Waals surface area contributed by atoms with Crippen LogP contribution < -0.4 is 5.32 Å². The molecular weight excluding hydrogens is 274 g/mol. The summed E-state index contributed by atoms with van der Waals surface area (Å²) < 4.78 is 23.1. The Kier molecular flexibility index (Phi) is 3.12. The van der Waals surface area contributed by atoms with Crippen molar-refractivity contribution in [3.63, 3.8) is 0 Å². The van der Waals surface area contributed by atoms with Crippen LogP contribution in [-0.2, 0) is 22.7 Å². The van der Waals surface area contributed by atoms with Gasteiger partial charge < -0.3 is 5.32 Å². The van der Waals surface area contributed by atoms with Gasteiger partial charge in [0, 0.05) is 5.56 Å². The van der Waals surface area contributed by atoms with E-state index in [2.05, 4.69) is 5.32 Å². The Labute approximate surface area is 119 Å². The number of carbonyl (C=O) groups is 1. The van der Waals surface area contributed by atoms with Crippen LogP contribution in [0.5, 0.6) is 0 Å². The van der Waals surface area contributed by atoms with Crippen molar-refractivity contribution in [2.75, 3.05) is 11.5 Å². The molecule has 1 saturated heterocycles. The fourth-order valence-corrected chi connectivity index (χ4v) is 5.26. The van der Waals surface area contributed by atoms with Crippen molar-refractivity contribution in [3.05, 3.63) is 34.9 Å². The maximum atomic E-state index is 12.3.